The van der Waals surface area contributed by atoms with Gasteiger partial charge in [0, 0.05) is 24.7 Å². The highest BCUT2D eigenvalue weighted by atomic mass is 32.1. The second-order valence-electron chi connectivity index (χ2n) is 5.52. The van der Waals surface area contributed by atoms with Gasteiger partial charge in [-0.3, -0.25) is 4.79 Å². The number of anilines is 3. The molecular formula is C17H16N4O2S. The lowest BCUT2D eigenvalue weighted by atomic mass is 10.2. The summed E-state index contributed by atoms with van der Waals surface area (Å²) in [5.41, 5.74) is 2.59. The predicted octanol–water partition coefficient (Wildman–Crippen LogP) is 3.57. The van der Waals surface area contributed by atoms with Crippen LogP contribution in [0.15, 0.2) is 36.0 Å². The maximum atomic E-state index is 12.0. The standard InChI is InChI=1S/C17H16N4O2S/c1-23-14-9-11(4-5-13(14)21-7-2-3-15(21)22)20-17-16-12(6-8-24-16)18-10-19-17/h4-6,8-10H,2-3,7H2,1H3,(H,18,19,20). The summed E-state index contributed by atoms with van der Waals surface area (Å²) in [4.78, 5) is 22.3. The molecule has 3 heterocycles. The minimum absolute atomic E-state index is 0.144. The monoisotopic (exact) mass is 340 g/mol. The number of ether oxygens (including phenoxy) is 1. The molecule has 1 N–H and O–H groups in total. The van der Waals surface area contributed by atoms with Crippen LogP contribution in [-0.4, -0.2) is 29.5 Å². The Morgan fingerprint density at radius 3 is 3.00 bits per heavy atom. The molecule has 1 fully saturated rings. The van der Waals surface area contributed by atoms with Crippen LogP contribution in [0.3, 0.4) is 0 Å². The average molecular weight is 340 g/mol. The molecule has 2 aromatic heterocycles. The Hall–Kier alpha value is -2.67. The van der Waals surface area contributed by atoms with Gasteiger partial charge in [-0.1, -0.05) is 0 Å². The lowest BCUT2D eigenvalue weighted by Gasteiger charge is -2.19. The zero-order valence-electron chi connectivity index (χ0n) is 13.2. The van der Waals surface area contributed by atoms with E-state index >= 15 is 0 Å². The van der Waals surface area contributed by atoms with Gasteiger partial charge in [0.05, 0.1) is 23.0 Å². The van der Waals surface area contributed by atoms with Crippen molar-refractivity contribution in [2.24, 2.45) is 0 Å². The minimum Gasteiger partial charge on any atom is -0.494 e. The van der Waals surface area contributed by atoms with Gasteiger partial charge in [0.1, 0.15) is 12.1 Å². The Bertz CT molecular complexity index is 908. The number of methoxy groups -OCH3 is 1. The van der Waals surface area contributed by atoms with Crippen LogP contribution in [0.1, 0.15) is 12.8 Å². The Labute approximate surface area is 143 Å². The first-order valence-electron chi connectivity index (χ1n) is 7.70. The number of hydrogen-bond acceptors (Lipinski definition) is 6. The normalized spacial score (nSPS) is 14.4. The van der Waals surface area contributed by atoms with Crippen LogP contribution in [0.5, 0.6) is 5.75 Å². The molecule has 3 aromatic rings. The number of thiophene rings is 1. The Balaban J connectivity index is 1.67. The first-order chi connectivity index (χ1) is 11.8. The molecule has 7 heteroatoms. The fourth-order valence-corrected chi connectivity index (χ4v) is 3.69. The van der Waals surface area contributed by atoms with E-state index in [1.807, 2.05) is 29.6 Å². The summed E-state index contributed by atoms with van der Waals surface area (Å²) in [5, 5.41) is 5.31. The lowest BCUT2D eigenvalue weighted by Crippen LogP contribution is -2.24. The van der Waals surface area contributed by atoms with Crippen molar-refractivity contribution in [2.75, 3.05) is 23.9 Å². The van der Waals surface area contributed by atoms with E-state index in [0.717, 1.165) is 40.4 Å². The van der Waals surface area contributed by atoms with Gasteiger partial charge in [-0.25, -0.2) is 9.97 Å². The molecule has 1 amide bonds. The second kappa shape index (κ2) is 6.09. The molecule has 0 bridgehead atoms. The van der Waals surface area contributed by atoms with E-state index in [-0.39, 0.29) is 5.91 Å². The van der Waals surface area contributed by atoms with E-state index in [4.69, 9.17) is 4.74 Å². The van der Waals surface area contributed by atoms with Crippen LogP contribution in [0, 0.1) is 0 Å². The lowest BCUT2D eigenvalue weighted by molar-refractivity contribution is -0.117. The third kappa shape index (κ3) is 2.56. The SMILES string of the molecule is COc1cc(Nc2ncnc3ccsc23)ccc1N1CCCC1=O. The number of nitrogens with zero attached hydrogens (tertiary/aromatic N) is 3. The molecule has 1 saturated heterocycles. The van der Waals surface area contributed by atoms with Crippen LogP contribution in [0.2, 0.25) is 0 Å². The maximum absolute atomic E-state index is 12.0. The van der Waals surface area contributed by atoms with Crippen molar-refractivity contribution in [1.82, 2.24) is 9.97 Å². The third-order valence-corrected chi connectivity index (χ3v) is 4.96. The fourth-order valence-electron chi connectivity index (χ4n) is 2.90. The van der Waals surface area contributed by atoms with Gasteiger partial charge < -0.3 is 15.0 Å². The van der Waals surface area contributed by atoms with Crippen LogP contribution >= 0.6 is 11.3 Å². The van der Waals surface area contributed by atoms with Crippen LogP contribution < -0.4 is 15.0 Å². The molecule has 0 saturated carbocycles. The number of benzene rings is 1. The molecule has 0 atom stereocenters. The summed E-state index contributed by atoms with van der Waals surface area (Å²) >= 11 is 1.60. The molecule has 1 aliphatic rings. The van der Waals surface area contributed by atoms with E-state index in [9.17, 15) is 4.79 Å². The number of carbonyl (C=O) groups excluding carboxylic acids is 1. The van der Waals surface area contributed by atoms with Gasteiger partial charge >= 0.3 is 0 Å². The summed E-state index contributed by atoms with van der Waals surface area (Å²) in [6.07, 6.45) is 3.03. The molecule has 0 unspecified atom stereocenters. The van der Waals surface area contributed by atoms with Crippen LogP contribution in [0.4, 0.5) is 17.2 Å². The smallest absolute Gasteiger partial charge is 0.227 e. The quantitative estimate of drug-likeness (QED) is 0.786. The van der Waals surface area contributed by atoms with Gasteiger partial charge in [-0.2, -0.15) is 0 Å². The number of rotatable bonds is 4. The second-order valence-corrected chi connectivity index (χ2v) is 6.43. The molecule has 4 rings (SSSR count). The summed E-state index contributed by atoms with van der Waals surface area (Å²) in [6.45, 7) is 0.740. The number of nitrogens with one attached hydrogen (secondary N) is 1. The largest absolute Gasteiger partial charge is 0.494 e. The van der Waals surface area contributed by atoms with Gasteiger partial charge in [0.25, 0.3) is 0 Å². The molecule has 1 aromatic carbocycles. The Morgan fingerprint density at radius 2 is 2.21 bits per heavy atom. The number of hydrogen-bond donors (Lipinski definition) is 1. The number of fused-ring (bicyclic) bond motifs is 1. The van der Waals surface area contributed by atoms with E-state index in [1.54, 1.807) is 29.7 Å². The first kappa shape index (κ1) is 14.9. The molecular weight excluding hydrogens is 324 g/mol. The summed E-state index contributed by atoms with van der Waals surface area (Å²) in [7, 11) is 1.62. The number of aromatic nitrogens is 2. The summed E-state index contributed by atoms with van der Waals surface area (Å²) in [5.74, 6) is 1.58. The fraction of sp³-hybridized carbons (Fsp3) is 0.235. The highest BCUT2D eigenvalue weighted by Gasteiger charge is 2.24. The molecule has 6 nitrogen and oxygen atoms in total. The van der Waals surface area contributed by atoms with Crippen LogP contribution in [0.25, 0.3) is 10.2 Å². The average Bonchev–Trinajstić information content (AvgIpc) is 3.24. The van der Waals surface area contributed by atoms with Gasteiger partial charge in [0.15, 0.2) is 5.82 Å². The zero-order valence-corrected chi connectivity index (χ0v) is 14.0. The summed E-state index contributed by atoms with van der Waals surface area (Å²) < 4.78 is 6.50. The topological polar surface area (TPSA) is 67.3 Å². The zero-order chi connectivity index (χ0) is 16.5. The molecule has 0 spiro atoms. The first-order valence-corrected chi connectivity index (χ1v) is 8.58. The molecule has 122 valence electrons. The number of amides is 1. The third-order valence-electron chi connectivity index (χ3n) is 4.05. The molecule has 0 aliphatic carbocycles. The van der Waals surface area contributed by atoms with E-state index in [1.165, 1.54) is 0 Å². The van der Waals surface area contributed by atoms with Gasteiger partial charge in [-0.15, -0.1) is 11.3 Å². The van der Waals surface area contributed by atoms with Crippen molar-refractivity contribution in [3.63, 3.8) is 0 Å². The number of carbonyl (C=O) groups is 1. The minimum atomic E-state index is 0.144. The van der Waals surface area contributed by atoms with Crippen molar-refractivity contribution in [1.29, 1.82) is 0 Å². The highest BCUT2D eigenvalue weighted by Crippen LogP contribution is 2.35. The maximum Gasteiger partial charge on any atom is 0.227 e. The van der Waals surface area contributed by atoms with Crippen molar-refractivity contribution in [2.45, 2.75) is 12.8 Å². The predicted molar refractivity (Wildman–Crippen MR) is 95.3 cm³/mol. The van der Waals surface area contributed by atoms with E-state index in [0.29, 0.717) is 12.2 Å². The van der Waals surface area contributed by atoms with Crippen molar-refractivity contribution < 1.29 is 9.53 Å². The van der Waals surface area contributed by atoms with Gasteiger partial charge in [-0.05, 0) is 30.0 Å². The van der Waals surface area contributed by atoms with Crippen molar-refractivity contribution in [3.8, 4) is 5.75 Å². The molecule has 0 radical (unpaired) electrons. The highest BCUT2D eigenvalue weighted by molar-refractivity contribution is 7.17. The van der Waals surface area contributed by atoms with Crippen LogP contribution in [-0.2, 0) is 4.79 Å². The van der Waals surface area contributed by atoms with Crippen molar-refractivity contribution in [3.05, 3.63) is 36.0 Å². The van der Waals surface area contributed by atoms with Crippen molar-refractivity contribution >= 4 is 44.7 Å². The summed E-state index contributed by atoms with van der Waals surface area (Å²) in [6, 6.07) is 7.71. The van der Waals surface area contributed by atoms with Gasteiger partial charge in [0.2, 0.25) is 5.91 Å². The Kier molecular flexibility index (Phi) is 3.78. The molecule has 24 heavy (non-hydrogen) atoms. The van der Waals surface area contributed by atoms with E-state index in [2.05, 4.69) is 15.3 Å². The molecule has 1 aliphatic heterocycles. The van der Waals surface area contributed by atoms with E-state index < -0.39 is 0 Å². The Morgan fingerprint density at radius 1 is 1.29 bits per heavy atom.